The molecule has 1 aliphatic rings. The van der Waals surface area contributed by atoms with Crippen LogP contribution in [0.15, 0.2) is 41.8 Å². The van der Waals surface area contributed by atoms with Gasteiger partial charge in [-0.05, 0) is 29.0 Å². The van der Waals surface area contributed by atoms with Crippen molar-refractivity contribution in [3.05, 3.63) is 57.8 Å². The predicted octanol–water partition coefficient (Wildman–Crippen LogP) is 2.46. The zero-order valence-corrected chi connectivity index (χ0v) is 11.9. The van der Waals surface area contributed by atoms with Crippen molar-refractivity contribution in [2.45, 2.75) is 31.4 Å². The molecule has 0 radical (unpaired) electrons. The number of aryl methyl sites for hydroxylation is 1. The van der Waals surface area contributed by atoms with E-state index in [0.29, 0.717) is 12.8 Å². The van der Waals surface area contributed by atoms with E-state index in [9.17, 15) is 9.90 Å². The van der Waals surface area contributed by atoms with Gasteiger partial charge in [-0.3, -0.25) is 4.79 Å². The van der Waals surface area contributed by atoms with Gasteiger partial charge in [-0.1, -0.05) is 30.3 Å². The van der Waals surface area contributed by atoms with Gasteiger partial charge in [0, 0.05) is 17.7 Å². The third kappa shape index (κ3) is 2.76. The van der Waals surface area contributed by atoms with Crippen LogP contribution in [0.25, 0.3) is 0 Å². The van der Waals surface area contributed by atoms with Crippen LogP contribution in [0.5, 0.6) is 0 Å². The molecule has 2 atom stereocenters. The summed E-state index contributed by atoms with van der Waals surface area (Å²) in [4.78, 5) is 13.2. The van der Waals surface area contributed by atoms with Crippen molar-refractivity contribution in [3.63, 3.8) is 0 Å². The molecule has 0 fully saturated rings. The van der Waals surface area contributed by atoms with E-state index in [1.807, 2.05) is 41.8 Å². The highest BCUT2D eigenvalue weighted by molar-refractivity contribution is 7.09. The molecular formula is C16H17NO2S. The van der Waals surface area contributed by atoms with Gasteiger partial charge < -0.3 is 10.4 Å². The van der Waals surface area contributed by atoms with E-state index in [2.05, 4.69) is 5.32 Å². The second kappa shape index (κ2) is 5.77. The summed E-state index contributed by atoms with van der Waals surface area (Å²) in [6, 6.07) is 11.7. The summed E-state index contributed by atoms with van der Waals surface area (Å²) in [5.74, 6) is -0.000784. The molecule has 1 aromatic carbocycles. The van der Waals surface area contributed by atoms with Crippen LogP contribution in [0.3, 0.4) is 0 Å². The topological polar surface area (TPSA) is 49.3 Å². The first-order valence-corrected chi connectivity index (χ1v) is 7.69. The summed E-state index contributed by atoms with van der Waals surface area (Å²) < 4.78 is 0. The SMILES string of the molecule is O=C(CCc1cccs1)NC1c2ccccc2CC1O. The fourth-order valence-electron chi connectivity index (χ4n) is 2.69. The number of aliphatic hydroxyl groups is 1. The van der Waals surface area contributed by atoms with Crippen LogP contribution in [0.4, 0.5) is 0 Å². The van der Waals surface area contributed by atoms with Gasteiger partial charge in [0.2, 0.25) is 5.91 Å². The largest absolute Gasteiger partial charge is 0.390 e. The maximum atomic E-state index is 12.0. The van der Waals surface area contributed by atoms with Crippen molar-refractivity contribution in [1.29, 1.82) is 0 Å². The van der Waals surface area contributed by atoms with Gasteiger partial charge in [-0.15, -0.1) is 11.3 Å². The lowest BCUT2D eigenvalue weighted by molar-refractivity contribution is -0.122. The number of carbonyl (C=O) groups excluding carboxylic acids is 1. The number of aliphatic hydroxyl groups excluding tert-OH is 1. The van der Waals surface area contributed by atoms with E-state index in [0.717, 1.165) is 17.5 Å². The van der Waals surface area contributed by atoms with Crippen molar-refractivity contribution < 1.29 is 9.90 Å². The van der Waals surface area contributed by atoms with E-state index in [4.69, 9.17) is 0 Å². The zero-order valence-electron chi connectivity index (χ0n) is 11.1. The minimum absolute atomic E-state index is 0.000784. The van der Waals surface area contributed by atoms with Gasteiger partial charge in [-0.2, -0.15) is 0 Å². The monoisotopic (exact) mass is 287 g/mol. The summed E-state index contributed by atoms with van der Waals surface area (Å²) in [6.45, 7) is 0. The molecule has 0 aliphatic heterocycles. The molecule has 1 aromatic heterocycles. The van der Waals surface area contributed by atoms with Crippen molar-refractivity contribution in [2.24, 2.45) is 0 Å². The Hall–Kier alpha value is -1.65. The van der Waals surface area contributed by atoms with Crippen LogP contribution in [0.2, 0.25) is 0 Å². The van der Waals surface area contributed by atoms with Gasteiger partial charge in [0.25, 0.3) is 0 Å². The number of thiophene rings is 1. The van der Waals surface area contributed by atoms with E-state index in [1.165, 1.54) is 4.88 Å². The minimum atomic E-state index is -0.516. The van der Waals surface area contributed by atoms with Crippen molar-refractivity contribution >= 4 is 17.2 Å². The van der Waals surface area contributed by atoms with Gasteiger partial charge in [0.15, 0.2) is 0 Å². The first-order chi connectivity index (χ1) is 9.74. The summed E-state index contributed by atoms with van der Waals surface area (Å²) in [5.41, 5.74) is 2.17. The molecule has 2 aromatic rings. The second-order valence-corrected chi connectivity index (χ2v) is 6.13. The minimum Gasteiger partial charge on any atom is -0.390 e. The lowest BCUT2D eigenvalue weighted by Crippen LogP contribution is -2.33. The van der Waals surface area contributed by atoms with E-state index >= 15 is 0 Å². The summed E-state index contributed by atoms with van der Waals surface area (Å²) in [6.07, 6.45) is 1.32. The van der Waals surface area contributed by atoms with Crippen LogP contribution < -0.4 is 5.32 Å². The highest BCUT2D eigenvalue weighted by Gasteiger charge is 2.31. The Morgan fingerprint density at radius 1 is 1.30 bits per heavy atom. The normalized spacial score (nSPS) is 20.6. The summed E-state index contributed by atoms with van der Waals surface area (Å²) >= 11 is 1.67. The van der Waals surface area contributed by atoms with Crippen LogP contribution in [-0.2, 0) is 17.6 Å². The molecule has 0 saturated carbocycles. The smallest absolute Gasteiger partial charge is 0.220 e. The van der Waals surface area contributed by atoms with Crippen molar-refractivity contribution in [1.82, 2.24) is 5.32 Å². The van der Waals surface area contributed by atoms with E-state index in [-0.39, 0.29) is 11.9 Å². The number of nitrogens with one attached hydrogen (secondary N) is 1. The summed E-state index contributed by atoms with van der Waals surface area (Å²) in [5, 5.41) is 15.1. The number of rotatable bonds is 4. The van der Waals surface area contributed by atoms with Crippen molar-refractivity contribution in [3.8, 4) is 0 Å². The van der Waals surface area contributed by atoms with Crippen LogP contribution in [0.1, 0.15) is 28.5 Å². The van der Waals surface area contributed by atoms with Crippen LogP contribution >= 0.6 is 11.3 Å². The van der Waals surface area contributed by atoms with Gasteiger partial charge >= 0.3 is 0 Å². The van der Waals surface area contributed by atoms with E-state index in [1.54, 1.807) is 11.3 Å². The Labute approximate surface area is 122 Å². The molecule has 1 heterocycles. The van der Waals surface area contributed by atoms with E-state index < -0.39 is 6.10 Å². The molecule has 20 heavy (non-hydrogen) atoms. The highest BCUT2D eigenvalue weighted by atomic mass is 32.1. The lowest BCUT2D eigenvalue weighted by atomic mass is 10.1. The molecule has 1 amide bonds. The first kappa shape index (κ1) is 13.3. The Kier molecular flexibility index (Phi) is 3.85. The number of fused-ring (bicyclic) bond motifs is 1. The summed E-state index contributed by atoms with van der Waals surface area (Å²) in [7, 11) is 0. The molecule has 2 N–H and O–H groups in total. The fourth-order valence-corrected chi connectivity index (χ4v) is 3.39. The molecule has 0 spiro atoms. The number of hydrogen-bond acceptors (Lipinski definition) is 3. The Balaban J connectivity index is 1.61. The van der Waals surface area contributed by atoms with Gasteiger partial charge in [0.1, 0.15) is 0 Å². The van der Waals surface area contributed by atoms with Crippen molar-refractivity contribution in [2.75, 3.05) is 0 Å². The number of carbonyl (C=O) groups is 1. The molecule has 3 rings (SSSR count). The average molecular weight is 287 g/mol. The average Bonchev–Trinajstić information content (AvgIpc) is 3.06. The lowest BCUT2D eigenvalue weighted by Gasteiger charge is -2.17. The highest BCUT2D eigenvalue weighted by Crippen LogP contribution is 2.31. The third-order valence-electron chi connectivity index (χ3n) is 3.70. The number of benzene rings is 1. The third-order valence-corrected chi connectivity index (χ3v) is 4.64. The molecule has 0 saturated heterocycles. The number of amides is 1. The molecule has 4 heteroatoms. The van der Waals surface area contributed by atoms with Gasteiger partial charge in [-0.25, -0.2) is 0 Å². The Bertz CT molecular complexity index is 594. The molecule has 1 aliphatic carbocycles. The Morgan fingerprint density at radius 2 is 2.15 bits per heavy atom. The maximum Gasteiger partial charge on any atom is 0.220 e. The Morgan fingerprint density at radius 3 is 2.95 bits per heavy atom. The van der Waals surface area contributed by atoms with Crippen LogP contribution in [-0.4, -0.2) is 17.1 Å². The van der Waals surface area contributed by atoms with Gasteiger partial charge in [0.05, 0.1) is 12.1 Å². The fraction of sp³-hybridized carbons (Fsp3) is 0.312. The predicted molar refractivity (Wildman–Crippen MR) is 79.7 cm³/mol. The molecule has 104 valence electrons. The zero-order chi connectivity index (χ0) is 13.9. The molecule has 2 unspecified atom stereocenters. The molecule has 3 nitrogen and oxygen atoms in total. The standard InChI is InChI=1S/C16H17NO2S/c18-14-10-11-4-1-2-6-13(11)16(14)17-15(19)8-7-12-5-3-9-20-12/h1-6,9,14,16,18H,7-8,10H2,(H,17,19). The quantitative estimate of drug-likeness (QED) is 0.907. The maximum absolute atomic E-state index is 12.0. The second-order valence-electron chi connectivity index (χ2n) is 5.09. The first-order valence-electron chi connectivity index (χ1n) is 6.81. The molecule has 0 bridgehead atoms. The van der Waals surface area contributed by atoms with Crippen LogP contribution in [0, 0.1) is 0 Å². The number of hydrogen-bond donors (Lipinski definition) is 2. The molecular weight excluding hydrogens is 270 g/mol.